The number of nitrogens with one attached hydrogen (secondary N) is 1. The molecular formula is C21H17Cl2N3O2S. The highest BCUT2D eigenvalue weighted by atomic mass is 35.5. The molecule has 0 spiro atoms. The SMILES string of the molecule is Cn1c(SCc2ccc(Cl)cc2)nc(=O)c2c1NC(=O)CC2c1ccccc1Cl. The number of hydrogen-bond acceptors (Lipinski definition) is 4. The van der Waals surface area contributed by atoms with Crippen LogP contribution in [0.5, 0.6) is 0 Å². The fraction of sp³-hybridized carbons (Fsp3) is 0.190. The molecule has 2 aromatic carbocycles. The van der Waals surface area contributed by atoms with E-state index in [9.17, 15) is 9.59 Å². The monoisotopic (exact) mass is 445 g/mol. The van der Waals surface area contributed by atoms with Crippen molar-refractivity contribution in [3.63, 3.8) is 0 Å². The topological polar surface area (TPSA) is 64.0 Å². The van der Waals surface area contributed by atoms with Gasteiger partial charge in [0, 0.05) is 35.2 Å². The number of aromatic nitrogens is 2. The fourth-order valence-corrected chi connectivity index (χ4v) is 4.73. The molecule has 0 fully saturated rings. The summed E-state index contributed by atoms with van der Waals surface area (Å²) in [6.07, 6.45) is 0.158. The Kier molecular flexibility index (Phi) is 5.67. The van der Waals surface area contributed by atoms with Crippen LogP contribution in [0.2, 0.25) is 10.0 Å². The normalized spacial score (nSPS) is 15.7. The van der Waals surface area contributed by atoms with Gasteiger partial charge in [-0.15, -0.1) is 0 Å². The number of hydrogen-bond donors (Lipinski definition) is 1. The Balaban J connectivity index is 1.72. The van der Waals surface area contributed by atoms with E-state index in [-0.39, 0.29) is 17.9 Å². The fourth-order valence-electron chi connectivity index (χ4n) is 3.42. The van der Waals surface area contributed by atoms with Gasteiger partial charge in [-0.05, 0) is 29.3 Å². The van der Waals surface area contributed by atoms with Crippen molar-refractivity contribution < 1.29 is 4.79 Å². The van der Waals surface area contributed by atoms with Gasteiger partial charge < -0.3 is 9.88 Å². The molecule has 0 bridgehead atoms. The predicted molar refractivity (Wildman–Crippen MR) is 117 cm³/mol. The van der Waals surface area contributed by atoms with Crippen molar-refractivity contribution in [1.29, 1.82) is 0 Å². The van der Waals surface area contributed by atoms with Gasteiger partial charge in [0.05, 0.1) is 5.56 Å². The van der Waals surface area contributed by atoms with Gasteiger partial charge in [-0.3, -0.25) is 9.59 Å². The van der Waals surface area contributed by atoms with Crippen LogP contribution in [0.4, 0.5) is 5.82 Å². The molecule has 1 atom stereocenters. The van der Waals surface area contributed by atoms with E-state index in [4.69, 9.17) is 23.2 Å². The van der Waals surface area contributed by atoms with Gasteiger partial charge in [0.1, 0.15) is 5.82 Å². The van der Waals surface area contributed by atoms with Gasteiger partial charge >= 0.3 is 0 Å². The maximum atomic E-state index is 12.9. The summed E-state index contributed by atoms with van der Waals surface area (Å²) in [5, 5.41) is 4.58. The van der Waals surface area contributed by atoms with Gasteiger partial charge in [-0.25, -0.2) is 0 Å². The maximum absolute atomic E-state index is 12.9. The van der Waals surface area contributed by atoms with Crippen LogP contribution in [-0.4, -0.2) is 15.5 Å². The third-order valence-electron chi connectivity index (χ3n) is 4.86. The van der Waals surface area contributed by atoms with Crippen LogP contribution < -0.4 is 10.9 Å². The standard InChI is InChI=1S/C21H17Cl2N3O2S/c1-26-19-18(15(10-17(27)24-19)14-4-2-3-5-16(14)23)20(28)25-21(26)29-11-12-6-8-13(22)9-7-12/h2-9,15H,10-11H2,1H3,(H,24,27). The van der Waals surface area contributed by atoms with E-state index in [1.807, 2.05) is 42.5 Å². The molecule has 1 unspecified atom stereocenters. The first-order chi connectivity index (χ1) is 13.9. The summed E-state index contributed by atoms with van der Waals surface area (Å²) >= 11 is 13.7. The molecular weight excluding hydrogens is 429 g/mol. The van der Waals surface area contributed by atoms with E-state index < -0.39 is 5.92 Å². The number of fused-ring (bicyclic) bond motifs is 1. The number of rotatable bonds is 4. The number of benzene rings is 2. The lowest BCUT2D eigenvalue weighted by Gasteiger charge is -2.28. The number of amides is 1. The Morgan fingerprint density at radius 1 is 1.14 bits per heavy atom. The van der Waals surface area contributed by atoms with Crippen LogP contribution in [-0.2, 0) is 17.6 Å². The minimum atomic E-state index is -0.422. The van der Waals surface area contributed by atoms with E-state index in [1.165, 1.54) is 11.8 Å². The largest absolute Gasteiger partial charge is 0.312 e. The second-order valence-electron chi connectivity index (χ2n) is 6.76. The smallest absolute Gasteiger partial charge is 0.279 e. The van der Waals surface area contributed by atoms with Gasteiger partial charge in [-0.1, -0.05) is 65.3 Å². The molecule has 8 heteroatoms. The Labute approximate surface area is 182 Å². The average Bonchev–Trinajstić information content (AvgIpc) is 2.70. The Morgan fingerprint density at radius 2 is 1.86 bits per heavy atom. The third-order valence-corrected chi connectivity index (χ3v) is 6.56. The second-order valence-corrected chi connectivity index (χ2v) is 8.55. The number of nitrogens with zero attached hydrogens (tertiary/aromatic N) is 2. The Morgan fingerprint density at radius 3 is 2.59 bits per heavy atom. The molecule has 0 saturated heterocycles. The molecule has 2 heterocycles. The van der Waals surface area contributed by atoms with E-state index in [0.717, 1.165) is 11.1 Å². The number of anilines is 1. The highest BCUT2D eigenvalue weighted by Crippen LogP contribution is 2.38. The number of halogens is 2. The van der Waals surface area contributed by atoms with Crippen molar-refractivity contribution in [2.75, 3.05) is 5.32 Å². The quantitative estimate of drug-likeness (QED) is 0.460. The van der Waals surface area contributed by atoms with Crippen LogP contribution in [0, 0.1) is 0 Å². The molecule has 1 amide bonds. The van der Waals surface area contributed by atoms with Crippen molar-refractivity contribution in [3.05, 3.63) is 85.6 Å². The van der Waals surface area contributed by atoms with Crippen molar-refractivity contribution in [2.24, 2.45) is 7.05 Å². The number of carbonyl (C=O) groups is 1. The number of carbonyl (C=O) groups excluding carboxylic acids is 1. The molecule has 0 saturated carbocycles. The summed E-state index contributed by atoms with van der Waals surface area (Å²) in [5.41, 5.74) is 1.94. The van der Waals surface area contributed by atoms with E-state index in [1.54, 1.807) is 17.7 Å². The third kappa shape index (κ3) is 4.06. The van der Waals surface area contributed by atoms with Crippen molar-refractivity contribution >= 4 is 46.7 Å². The summed E-state index contributed by atoms with van der Waals surface area (Å²) in [7, 11) is 1.80. The van der Waals surface area contributed by atoms with Crippen LogP contribution in [0.25, 0.3) is 0 Å². The van der Waals surface area contributed by atoms with E-state index in [0.29, 0.717) is 32.3 Å². The lowest BCUT2D eigenvalue weighted by molar-refractivity contribution is -0.116. The maximum Gasteiger partial charge on any atom is 0.279 e. The van der Waals surface area contributed by atoms with Crippen molar-refractivity contribution in [2.45, 2.75) is 23.2 Å². The highest BCUT2D eigenvalue weighted by molar-refractivity contribution is 7.98. The molecule has 5 nitrogen and oxygen atoms in total. The van der Waals surface area contributed by atoms with Gasteiger partial charge in [0.2, 0.25) is 5.91 Å². The summed E-state index contributed by atoms with van der Waals surface area (Å²) in [6.45, 7) is 0. The molecule has 29 heavy (non-hydrogen) atoms. The first-order valence-electron chi connectivity index (χ1n) is 8.96. The molecule has 3 aromatic rings. The summed E-state index contributed by atoms with van der Waals surface area (Å²) in [5.74, 6) is 0.522. The molecule has 0 aliphatic carbocycles. The molecule has 1 aromatic heterocycles. The summed E-state index contributed by atoms with van der Waals surface area (Å²) in [4.78, 5) is 29.6. The van der Waals surface area contributed by atoms with Crippen molar-refractivity contribution in [3.8, 4) is 0 Å². The first kappa shape index (κ1) is 20.0. The van der Waals surface area contributed by atoms with Crippen LogP contribution in [0.1, 0.15) is 29.0 Å². The summed E-state index contributed by atoms with van der Waals surface area (Å²) < 4.78 is 1.76. The molecule has 1 N–H and O–H groups in total. The summed E-state index contributed by atoms with van der Waals surface area (Å²) in [6, 6.07) is 14.8. The Bertz CT molecular complexity index is 1150. The predicted octanol–water partition coefficient (Wildman–Crippen LogP) is 4.85. The second kappa shape index (κ2) is 8.22. The average molecular weight is 446 g/mol. The van der Waals surface area contributed by atoms with Crippen LogP contribution in [0.3, 0.4) is 0 Å². The van der Waals surface area contributed by atoms with Crippen LogP contribution >= 0.6 is 35.0 Å². The lowest BCUT2D eigenvalue weighted by Crippen LogP contribution is -2.33. The van der Waals surface area contributed by atoms with Gasteiger partial charge in [0.15, 0.2) is 5.16 Å². The molecule has 0 radical (unpaired) electrons. The molecule has 1 aliphatic rings. The zero-order chi connectivity index (χ0) is 20.5. The zero-order valence-corrected chi connectivity index (χ0v) is 17.8. The van der Waals surface area contributed by atoms with Crippen LogP contribution in [0.15, 0.2) is 58.5 Å². The lowest BCUT2D eigenvalue weighted by atomic mass is 9.87. The van der Waals surface area contributed by atoms with Gasteiger partial charge in [-0.2, -0.15) is 4.98 Å². The van der Waals surface area contributed by atoms with Crippen molar-refractivity contribution in [1.82, 2.24) is 9.55 Å². The molecule has 148 valence electrons. The van der Waals surface area contributed by atoms with Gasteiger partial charge in [0.25, 0.3) is 5.56 Å². The zero-order valence-electron chi connectivity index (χ0n) is 15.5. The Hall–Kier alpha value is -2.28. The molecule has 1 aliphatic heterocycles. The molecule has 4 rings (SSSR count). The number of thioether (sulfide) groups is 1. The first-order valence-corrected chi connectivity index (χ1v) is 10.7. The highest BCUT2D eigenvalue weighted by Gasteiger charge is 2.33. The minimum absolute atomic E-state index is 0.155. The minimum Gasteiger partial charge on any atom is -0.312 e. The van der Waals surface area contributed by atoms with E-state index >= 15 is 0 Å². The van der Waals surface area contributed by atoms with E-state index in [2.05, 4.69) is 10.3 Å².